The lowest BCUT2D eigenvalue weighted by atomic mass is 9.97. The Labute approximate surface area is 293 Å². The summed E-state index contributed by atoms with van der Waals surface area (Å²) in [6, 6.07) is 13.9. The molecule has 0 unspecified atom stereocenters. The summed E-state index contributed by atoms with van der Waals surface area (Å²) < 4.78 is 84.1. The maximum Gasteiger partial charge on any atom is 0.172 e. The van der Waals surface area contributed by atoms with Crippen molar-refractivity contribution in [2.75, 3.05) is 0 Å². The first-order valence-electron chi connectivity index (χ1n) is 14.9. The van der Waals surface area contributed by atoms with E-state index in [9.17, 15) is 26.3 Å². The Kier molecular flexibility index (Phi) is 13.5. The lowest BCUT2D eigenvalue weighted by Gasteiger charge is -2.09. The van der Waals surface area contributed by atoms with Crippen LogP contribution in [0.15, 0.2) is 60.7 Å². The lowest BCUT2D eigenvalue weighted by molar-refractivity contribution is 0.448. The number of halogens is 8. The fraction of sp³-hybridized carbons (Fsp3) is 0.263. The molecule has 0 spiro atoms. The Morgan fingerprint density at radius 2 is 0.957 bits per heavy atom. The van der Waals surface area contributed by atoms with Gasteiger partial charge in [-0.25, -0.2) is 26.3 Å². The van der Waals surface area contributed by atoms with Gasteiger partial charge in [-0.3, -0.25) is 0 Å². The van der Waals surface area contributed by atoms with Gasteiger partial charge in [0.2, 0.25) is 0 Å². The topological polar surface area (TPSA) is 0 Å². The van der Waals surface area contributed by atoms with Gasteiger partial charge in [0.1, 0.15) is 11.6 Å². The van der Waals surface area contributed by atoms with Crippen molar-refractivity contribution >= 4 is 45.2 Å². The van der Waals surface area contributed by atoms with Gasteiger partial charge in [0, 0.05) is 35.1 Å². The molecule has 4 aromatic carbocycles. The van der Waals surface area contributed by atoms with Gasteiger partial charge in [0.25, 0.3) is 0 Å². The van der Waals surface area contributed by atoms with Crippen LogP contribution in [0.4, 0.5) is 26.3 Å². The molecule has 0 aliphatic heterocycles. The second-order valence-corrected chi connectivity index (χ2v) is 13.4. The fourth-order valence-corrected chi connectivity index (χ4v) is 6.15. The van der Waals surface area contributed by atoms with Crippen molar-refractivity contribution in [3.8, 4) is 45.9 Å². The molecule has 238 valence electrons. The summed E-state index contributed by atoms with van der Waals surface area (Å²) in [6.07, 6.45) is 7.57. The molecule has 0 aliphatic rings. The lowest BCUT2D eigenvalue weighted by Crippen LogP contribution is -1.94. The smallest absolute Gasteiger partial charge is 0.172 e. The Morgan fingerprint density at radius 1 is 0.543 bits per heavy atom. The van der Waals surface area contributed by atoms with Crippen LogP contribution < -0.4 is 0 Å². The van der Waals surface area contributed by atoms with E-state index in [2.05, 4.69) is 30.6 Å². The van der Waals surface area contributed by atoms with Crippen LogP contribution in [0.2, 0.25) is 0 Å². The zero-order valence-electron chi connectivity index (χ0n) is 25.0. The SMILES string of the molecule is CC(CCCCC#Cc1ccc(-c2cc(F)c(F)c(I)c2)c(F)c1)CCCCC#Cc1ccc(-c2cc(F)c(F)c(I)c2)c(F)c1. The van der Waals surface area contributed by atoms with Crippen LogP contribution in [-0.2, 0) is 0 Å². The Hall–Kier alpha value is -2.96. The van der Waals surface area contributed by atoms with Crippen molar-refractivity contribution in [2.45, 2.75) is 58.3 Å². The minimum absolute atomic E-state index is 0.0919. The van der Waals surface area contributed by atoms with Gasteiger partial charge in [-0.05, 0) is 124 Å². The predicted octanol–water partition coefficient (Wildman–Crippen LogP) is 12.2. The highest BCUT2D eigenvalue weighted by atomic mass is 127. The van der Waals surface area contributed by atoms with E-state index >= 15 is 0 Å². The first kappa shape index (κ1) is 35.9. The van der Waals surface area contributed by atoms with E-state index in [4.69, 9.17) is 0 Å². The summed E-state index contributed by atoms with van der Waals surface area (Å²) in [5, 5.41) is 0. The Morgan fingerprint density at radius 3 is 1.33 bits per heavy atom. The first-order valence-corrected chi connectivity index (χ1v) is 17.1. The fourth-order valence-electron chi connectivity index (χ4n) is 4.96. The monoisotopic (exact) mass is 854 g/mol. The van der Waals surface area contributed by atoms with Crippen LogP contribution in [0.5, 0.6) is 0 Å². The predicted molar refractivity (Wildman–Crippen MR) is 189 cm³/mol. The molecule has 0 heterocycles. The van der Waals surface area contributed by atoms with Crippen LogP contribution in [0, 0.1) is 71.6 Å². The highest BCUT2D eigenvalue weighted by molar-refractivity contribution is 14.1. The minimum atomic E-state index is -1.01. The summed E-state index contributed by atoms with van der Waals surface area (Å²) >= 11 is 3.37. The summed E-state index contributed by atoms with van der Waals surface area (Å²) in [5.74, 6) is 7.75. The van der Waals surface area contributed by atoms with E-state index in [-0.39, 0.29) is 29.4 Å². The van der Waals surface area contributed by atoms with Gasteiger partial charge < -0.3 is 0 Å². The van der Waals surface area contributed by atoms with E-state index in [1.54, 1.807) is 57.3 Å². The molecule has 0 N–H and O–H groups in total. The van der Waals surface area contributed by atoms with Gasteiger partial charge >= 0.3 is 0 Å². The van der Waals surface area contributed by atoms with Crippen molar-refractivity contribution in [3.63, 3.8) is 0 Å². The number of hydrogen-bond acceptors (Lipinski definition) is 0. The third-order valence-electron chi connectivity index (χ3n) is 7.49. The molecule has 0 nitrogen and oxygen atoms in total. The molecular weight excluding hydrogens is 824 g/mol. The maximum atomic E-state index is 14.7. The molecular formula is C38H30F6I2. The molecule has 0 radical (unpaired) electrons. The molecule has 4 rings (SSSR count). The highest BCUT2D eigenvalue weighted by Crippen LogP contribution is 2.29. The first-order chi connectivity index (χ1) is 22.0. The maximum absolute atomic E-state index is 14.7. The standard InChI is InChI=1S/C38H30F6I2/c1-24(10-6-2-4-8-12-25-14-16-29(31(39)18-25)27-20-33(41)37(43)35(45)22-27)11-7-3-5-9-13-26-15-17-30(32(40)19-26)28-21-34(42)38(44)36(46)23-28/h14-24H,2-7,10-11H2,1H3. The van der Waals surface area contributed by atoms with Gasteiger partial charge in [-0.2, -0.15) is 0 Å². The van der Waals surface area contributed by atoms with Crippen LogP contribution >= 0.6 is 45.2 Å². The molecule has 0 fully saturated rings. The van der Waals surface area contributed by atoms with E-state index in [0.717, 1.165) is 50.7 Å². The molecule has 0 saturated heterocycles. The Bertz CT molecular complexity index is 1650. The van der Waals surface area contributed by atoms with Crippen molar-refractivity contribution < 1.29 is 26.3 Å². The zero-order chi connectivity index (χ0) is 33.2. The van der Waals surface area contributed by atoms with Gasteiger partial charge in [-0.15, -0.1) is 0 Å². The largest absolute Gasteiger partial charge is 0.206 e. The normalized spacial score (nSPS) is 10.8. The summed E-state index contributed by atoms with van der Waals surface area (Å²) in [7, 11) is 0. The second-order valence-electron chi connectivity index (χ2n) is 11.1. The molecule has 8 heteroatoms. The van der Waals surface area contributed by atoms with Crippen molar-refractivity contribution in [1.82, 2.24) is 0 Å². The molecule has 46 heavy (non-hydrogen) atoms. The molecule has 4 aromatic rings. The number of rotatable bonds is 10. The molecule has 0 atom stereocenters. The minimum Gasteiger partial charge on any atom is -0.206 e. The van der Waals surface area contributed by atoms with Crippen LogP contribution in [0.25, 0.3) is 22.3 Å². The second kappa shape index (κ2) is 17.3. The quantitative estimate of drug-likeness (QED) is 0.0490. The van der Waals surface area contributed by atoms with Gasteiger partial charge in [0.05, 0.1) is 7.14 Å². The average molecular weight is 854 g/mol. The van der Waals surface area contributed by atoms with Crippen molar-refractivity contribution in [1.29, 1.82) is 0 Å². The van der Waals surface area contributed by atoms with Crippen LogP contribution in [0.1, 0.15) is 69.4 Å². The molecule has 0 bridgehead atoms. The molecule has 0 aromatic heterocycles. The Balaban J connectivity index is 1.13. The van der Waals surface area contributed by atoms with Gasteiger partial charge in [0.15, 0.2) is 23.3 Å². The molecule has 0 aliphatic carbocycles. The number of benzene rings is 4. The summed E-state index contributed by atoms with van der Waals surface area (Å²) in [6.45, 7) is 2.23. The zero-order valence-corrected chi connectivity index (χ0v) is 29.3. The number of unbranched alkanes of at least 4 members (excludes halogenated alkanes) is 4. The van der Waals surface area contributed by atoms with E-state index in [1.807, 2.05) is 0 Å². The third-order valence-corrected chi connectivity index (χ3v) is 9.06. The van der Waals surface area contributed by atoms with E-state index in [1.165, 1.54) is 36.4 Å². The third kappa shape index (κ3) is 10.0. The van der Waals surface area contributed by atoms with Gasteiger partial charge in [-0.1, -0.05) is 68.4 Å². The average Bonchev–Trinajstić information content (AvgIpc) is 3.01. The molecule has 0 amide bonds. The highest BCUT2D eigenvalue weighted by Gasteiger charge is 2.14. The van der Waals surface area contributed by atoms with E-state index < -0.39 is 34.9 Å². The summed E-state index contributed by atoms with van der Waals surface area (Å²) in [5.41, 5.74) is 2.02. The van der Waals surface area contributed by atoms with Crippen LogP contribution in [0.3, 0.4) is 0 Å². The molecule has 0 saturated carbocycles. The van der Waals surface area contributed by atoms with E-state index in [0.29, 0.717) is 29.9 Å². The van der Waals surface area contributed by atoms with Crippen LogP contribution in [-0.4, -0.2) is 0 Å². The van der Waals surface area contributed by atoms with Crippen molar-refractivity contribution in [2.24, 2.45) is 5.92 Å². The number of hydrogen-bond donors (Lipinski definition) is 0. The summed E-state index contributed by atoms with van der Waals surface area (Å²) in [4.78, 5) is 0. The van der Waals surface area contributed by atoms with Crippen molar-refractivity contribution in [3.05, 3.63) is 114 Å².